The Balaban J connectivity index is 1.38. The third-order valence-corrected chi connectivity index (χ3v) is 6.73. The number of hydrogen-bond acceptors (Lipinski definition) is 7. The van der Waals surface area contributed by atoms with Gasteiger partial charge in [0.2, 0.25) is 0 Å². The van der Waals surface area contributed by atoms with E-state index in [1.807, 2.05) is 43.4 Å². The molecule has 5 heterocycles. The second kappa shape index (κ2) is 10.7. The van der Waals surface area contributed by atoms with Gasteiger partial charge in [-0.05, 0) is 55.6 Å². The maximum absolute atomic E-state index is 14.7. The molecule has 1 aromatic carbocycles. The number of aromatic amines is 2. The van der Waals surface area contributed by atoms with Gasteiger partial charge in [-0.2, -0.15) is 10.2 Å². The van der Waals surface area contributed by atoms with Crippen LogP contribution in [0.4, 0.5) is 4.39 Å². The predicted molar refractivity (Wildman–Crippen MR) is 150 cm³/mol. The number of hydrogen-bond donors (Lipinski definition) is 3. The number of benzene rings is 1. The molecule has 0 atom stereocenters. The van der Waals surface area contributed by atoms with E-state index in [9.17, 15) is 4.39 Å². The van der Waals surface area contributed by atoms with Crippen LogP contribution in [0.25, 0.3) is 16.8 Å². The molecule has 2 aliphatic heterocycles. The maximum atomic E-state index is 14.7. The van der Waals surface area contributed by atoms with Crippen molar-refractivity contribution in [3.8, 4) is 17.0 Å². The molecule has 0 fully saturated rings. The largest absolute Gasteiger partial charge is 0.492 e. The van der Waals surface area contributed by atoms with Crippen LogP contribution in [0.15, 0.2) is 65.0 Å². The van der Waals surface area contributed by atoms with Crippen LogP contribution >= 0.6 is 0 Å². The van der Waals surface area contributed by atoms with Crippen LogP contribution in [0.3, 0.4) is 0 Å². The lowest BCUT2D eigenvalue weighted by atomic mass is 9.95. The molecule has 3 N–H and O–H groups in total. The molecule has 0 bridgehead atoms. The Morgan fingerprint density at radius 3 is 2.87 bits per heavy atom. The number of fused-ring (bicyclic) bond motifs is 2. The number of nitrogens with zero attached hydrogens (tertiary/aromatic N) is 5. The van der Waals surface area contributed by atoms with E-state index in [2.05, 4.69) is 42.8 Å². The number of rotatable bonds is 7. The van der Waals surface area contributed by atoms with Crippen LogP contribution in [0.5, 0.6) is 5.75 Å². The average Bonchev–Trinajstić information content (AvgIpc) is 3.59. The lowest BCUT2D eigenvalue weighted by Crippen LogP contribution is -2.23. The summed E-state index contributed by atoms with van der Waals surface area (Å²) in [7, 11) is 3.95. The Kier molecular flexibility index (Phi) is 6.76. The third-order valence-electron chi connectivity index (χ3n) is 6.73. The summed E-state index contributed by atoms with van der Waals surface area (Å²) in [6, 6.07) is 11.0. The van der Waals surface area contributed by atoms with Crippen molar-refractivity contribution in [1.82, 2.24) is 30.5 Å². The number of ether oxygens (including phenoxy) is 1. The smallest absolute Gasteiger partial charge is 0.132 e. The highest BCUT2D eigenvalue weighted by atomic mass is 19.1. The highest BCUT2D eigenvalue weighted by Crippen LogP contribution is 2.32. The first-order valence-electron chi connectivity index (χ1n) is 12.9. The number of halogens is 1. The van der Waals surface area contributed by atoms with Gasteiger partial charge in [-0.15, -0.1) is 0 Å². The van der Waals surface area contributed by atoms with E-state index in [0.717, 1.165) is 62.9 Å². The van der Waals surface area contributed by atoms with E-state index in [-0.39, 0.29) is 5.82 Å². The molecule has 0 aliphatic carbocycles. The first kappa shape index (κ1) is 24.7. The minimum atomic E-state index is -0.352. The van der Waals surface area contributed by atoms with Crippen LogP contribution in [0.2, 0.25) is 0 Å². The molecular formula is C29H29FN8O. The number of aromatic nitrogens is 4. The quantitative estimate of drug-likeness (QED) is 0.341. The van der Waals surface area contributed by atoms with E-state index in [1.165, 1.54) is 12.1 Å². The molecule has 198 valence electrons. The Morgan fingerprint density at radius 1 is 1.10 bits per heavy atom. The fourth-order valence-corrected chi connectivity index (χ4v) is 4.76. The molecule has 4 aromatic rings. The third kappa shape index (κ3) is 5.23. The predicted octanol–water partition coefficient (Wildman–Crippen LogP) is 3.79. The van der Waals surface area contributed by atoms with E-state index < -0.39 is 0 Å². The first-order valence-corrected chi connectivity index (χ1v) is 12.9. The Labute approximate surface area is 225 Å². The standard InChI is InChI=1S/C29H29FN8O/c1-38(2)9-10-39-22-12-19(11-21(30)13-22)23-5-7-31-8-6-26-24(23)14-27(35-26)29-28-18(15-34-37-29)3-4-25(36-28)20-16-32-33-17-20/h3-5,7,11-14,16-17,34-35H,6,8-10,15H2,1-2H3,(H,32,33)/b23-5-,31-7?. The summed E-state index contributed by atoms with van der Waals surface area (Å²) in [5.74, 6) is 0.144. The van der Waals surface area contributed by atoms with Gasteiger partial charge < -0.3 is 20.0 Å². The monoisotopic (exact) mass is 524 g/mol. The average molecular weight is 525 g/mol. The van der Waals surface area contributed by atoms with Crippen molar-refractivity contribution in [3.63, 3.8) is 0 Å². The molecule has 0 saturated heterocycles. The van der Waals surface area contributed by atoms with Gasteiger partial charge in [0.25, 0.3) is 0 Å². The van der Waals surface area contributed by atoms with E-state index in [0.29, 0.717) is 31.9 Å². The molecule has 0 amide bonds. The van der Waals surface area contributed by atoms with E-state index >= 15 is 0 Å². The van der Waals surface area contributed by atoms with Crippen LogP contribution in [0, 0.1) is 5.82 Å². The summed E-state index contributed by atoms with van der Waals surface area (Å²) in [5, 5.41) is 11.5. The summed E-state index contributed by atoms with van der Waals surface area (Å²) < 4.78 is 20.6. The lowest BCUT2D eigenvalue weighted by Gasteiger charge is -2.17. The van der Waals surface area contributed by atoms with Crippen molar-refractivity contribution in [3.05, 3.63) is 94.5 Å². The molecule has 0 spiro atoms. The number of H-pyrrole nitrogens is 2. The zero-order valence-corrected chi connectivity index (χ0v) is 21.8. The second-order valence-electron chi connectivity index (χ2n) is 9.77. The molecule has 0 unspecified atom stereocenters. The highest BCUT2D eigenvalue weighted by molar-refractivity contribution is 6.12. The number of pyridine rings is 1. The zero-order valence-electron chi connectivity index (χ0n) is 21.8. The minimum absolute atomic E-state index is 0.352. The van der Waals surface area contributed by atoms with Crippen molar-refractivity contribution in [2.45, 2.75) is 13.0 Å². The van der Waals surface area contributed by atoms with Crippen molar-refractivity contribution < 1.29 is 9.13 Å². The number of nitrogens with one attached hydrogen (secondary N) is 3. The van der Waals surface area contributed by atoms with Gasteiger partial charge in [-0.25, -0.2) is 9.37 Å². The van der Waals surface area contributed by atoms with Gasteiger partial charge in [0, 0.05) is 60.4 Å². The summed E-state index contributed by atoms with van der Waals surface area (Å²) in [6.45, 7) is 2.44. The Hall–Kier alpha value is -4.57. The summed E-state index contributed by atoms with van der Waals surface area (Å²) >= 11 is 0. The molecule has 3 aromatic heterocycles. The normalized spacial score (nSPS) is 15.9. The Bertz CT molecular complexity index is 1580. The fraction of sp³-hybridized carbons (Fsp3) is 0.241. The van der Waals surface area contributed by atoms with E-state index in [1.54, 1.807) is 12.4 Å². The summed E-state index contributed by atoms with van der Waals surface area (Å²) in [5.41, 5.74) is 11.8. The van der Waals surface area contributed by atoms with Gasteiger partial charge in [0.05, 0.1) is 29.8 Å². The van der Waals surface area contributed by atoms with Gasteiger partial charge >= 0.3 is 0 Å². The molecule has 10 heteroatoms. The highest BCUT2D eigenvalue weighted by Gasteiger charge is 2.24. The van der Waals surface area contributed by atoms with Gasteiger partial charge in [-0.1, -0.05) is 6.07 Å². The molecular weight excluding hydrogens is 495 g/mol. The number of aliphatic imine (C=N–C) groups is 1. The van der Waals surface area contributed by atoms with Crippen molar-refractivity contribution in [2.24, 2.45) is 10.1 Å². The molecule has 0 radical (unpaired) electrons. The molecule has 6 rings (SSSR count). The maximum Gasteiger partial charge on any atom is 0.132 e. The van der Waals surface area contributed by atoms with E-state index in [4.69, 9.17) is 9.72 Å². The van der Waals surface area contributed by atoms with Crippen LogP contribution in [0.1, 0.15) is 33.8 Å². The van der Waals surface area contributed by atoms with Crippen molar-refractivity contribution >= 4 is 17.5 Å². The fourth-order valence-electron chi connectivity index (χ4n) is 4.76. The number of hydrazone groups is 1. The topological polar surface area (TPSA) is 107 Å². The SMILES string of the molecule is CN(C)CCOc1cc(F)cc(/C2=C/C=NCCc3[nH]c(C4=NNCc5ccc(-c6cn[nH]c6)nc54)cc32)c1. The summed E-state index contributed by atoms with van der Waals surface area (Å²) in [4.78, 5) is 15.0. The number of allylic oxidation sites excluding steroid dienone is 1. The number of likely N-dealkylation sites (N-methyl/N-ethyl adjacent to an activating group) is 1. The zero-order chi connectivity index (χ0) is 26.8. The van der Waals surface area contributed by atoms with Gasteiger partial charge in [0.15, 0.2) is 0 Å². The molecule has 0 saturated carbocycles. The van der Waals surface area contributed by atoms with Crippen LogP contribution in [-0.2, 0) is 13.0 Å². The first-order chi connectivity index (χ1) is 19.0. The summed E-state index contributed by atoms with van der Waals surface area (Å²) in [6.07, 6.45) is 8.00. The lowest BCUT2D eigenvalue weighted by molar-refractivity contribution is 0.260. The molecule has 2 aliphatic rings. The van der Waals surface area contributed by atoms with Crippen LogP contribution in [-0.4, -0.2) is 70.8 Å². The second-order valence-corrected chi connectivity index (χ2v) is 9.77. The Morgan fingerprint density at radius 2 is 2.03 bits per heavy atom. The molecule has 9 nitrogen and oxygen atoms in total. The van der Waals surface area contributed by atoms with Crippen molar-refractivity contribution in [1.29, 1.82) is 0 Å². The minimum Gasteiger partial charge on any atom is -0.492 e. The van der Waals surface area contributed by atoms with Gasteiger partial charge in [-0.3, -0.25) is 10.1 Å². The van der Waals surface area contributed by atoms with Crippen molar-refractivity contribution in [2.75, 3.05) is 33.8 Å². The molecule has 39 heavy (non-hydrogen) atoms. The van der Waals surface area contributed by atoms with Crippen LogP contribution < -0.4 is 10.2 Å². The van der Waals surface area contributed by atoms with Gasteiger partial charge in [0.1, 0.15) is 23.9 Å².